The standard InChI is InChI=1S/C15H15ClN2O2S/c1-2-3-4-5-12-13(19)17-15(21)18(14(12)20)11-8-6-10(16)7-9-11/h4-9,20H,2-3H2,1H3,(H,17,19,21). The maximum absolute atomic E-state index is 11.9. The number of unbranched alkanes of at least 4 members (excludes halogenated alkanes) is 1. The number of hydrogen-bond donors (Lipinski definition) is 2. The molecule has 0 aliphatic carbocycles. The van der Waals surface area contributed by atoms with Crippen LogP contribution in [0.3, 0.4) is 0 Å². The van der Waals surface area contributed by atoms with Gasteiger partial charge >= 0.3 is 0 Å². The Morgan fingerprint density at radius 1 is 1.38 bits per heavy atom. The van der Waals surface area contributed by atoms with Gasteiger partial charge in [0.15, 0.2) is 4.77 Å². The number of rotatable bonds is 4. The number of halogens is 1. The molecule has 2 aromatic rings. The molecule has 6 heteroatoms. The van der Waals surface area contributed by atoms with Gasteiger partial charge in [-0.25, -0.2) is 0 Å². The maximum Gasteiger partial charge on any atom is 0.262 e. The first-order valence-electron chi connectivity index (χ1n) is 6.55. The van der Waals surface area contributed by atoms with Crippen LogP contribution in [0.4, 0.5) is 0 Å². The van der Waals surface area contributed by atoms with E-state index in [0.29, 0.717) is 10.7 Å². The molecule has 0 spiro atoms. The number of aromatic nitrogens is 2. The van der Waals surface area contributed by atoms with Crippen LogP contribution in [0.5, 0.6) is 5.88 Å². The van der Waals surface area contributed by atoms with Crippen molar-refractivity contribution in [2.45, 2.75) is 19.8 Å². The van der Waals surface area contributed by atoms with Gasteiger partial charge < -0.3 is 5.11 Å². The quantitative estimate of drug-likeness (QED) is 0.834. The van der Waals surface area contributed by atoms with E-state index in [-0.39, 0.29) is 16.2 Å². The Labute approximate surface area is 132 Å². The first-order valence-corrected chi connectivity index (χ1v) is 7.34. The summed E-state index contributed by atoms with van der Waals surface area (Å²) in [6.07, 6.45) is 5.25. The molecule has 110 valence electrons. The van der Waals surface area contributed by atoms with Gasteiger partial charge in [-0.05, 0) is 49.0 Å². The zero-order valence-electron chi connectivity index (χ0n) is 11.5. The molecule has 0 fully saturated rings. The summed E-state index contributed by atoms with van der Waals surface area (Å²) in [7, 11) is 0. The largest absolute Gasteiger partial charge is 0.494 e. The minimum atomic E-state index is -0.407. The summed E-state index contributed by atoms with van der Waals surface area (Å²) in [5.41, 5.74) is 0.408. The molecule has 0 amide bonds. The van der Waals surface area contributed by atoms with Crippen molar-refractivity contribution in [3.63, 3.8) is 0 Å². The number of nitrogens with zero attached hydrogens (tertiary/aromatic N) is 1. The summed E-state index contributed by atoms with van der Waals surface area (Å²) < 4.78 is 1.53. The minimum Gasteiger partial charge on any atom is -0.494 e. The summed E-state index contributed by atoms with van der Waals surface area (Å²) in [6, 6.07) is 6.82. The van der Waals surface area contributed by atoms with Crippen molar-refractivity contribution in [3.8, 4) is 11.6 Å². The normalized spacial score (nSPS) is 11.1. The lowest BCUT2D eigenvalue weighted by Gasteiger charge is -2.11. The van der Waals surface area contributed by atoms with Crippen LogP contribution in [-0.4, -0.2) is 14.7 Å². The maximum atomic E-state index is 11.9. The molecular weight excluding hydrogens is 308 g/mol. The molecular formula is C15H15ClN2O2S. The van der Waals surface area contributed by atoms with Gasteiger partial charge in [-0.1, -0.05) is 31.0 Å². The first kappa shape index (κ1) is 15.5. The van der Waals surface area contributed by atoms with Crippen LogP contribution in [0.15, 0.2) is 35.1 Å². The Bertz CT molecular complexity index is 776. The number of benzene rings is 1. The van der Waals surface area contributed by atoms with E-state index in [1.54, 1.807) is 30.3 Å². The number of allylic oxidation sites excluding steroid dienone is 1. The average molecular weight is 323 g/mol. The predicted molar refractivity (Wildman–Crippen MR) is 87.8 cm³/mol. The second-order valence-corrected chi connectivity index (χ2v) is 5.32. The van der Waals surface area contributed by atoms with E-state index in [1.165, 1.54) is 4.57 Å². The lowest BCUT2D eigenvalue weighted by molar-refractivity contribution is 0.432. The molecule has 1 aromatic carbocycles. The van der Waals surface area contributed by atoms with Crippen LogP contribution in [0.25, 0.3) is 11.8 Å². The Morgan fingerprint density at radius 2 is 2.05 bits per heavy atom. The lowest BCUT2D eigenvalue weighted by atomic mass is 10.2. The molecule has 0 bridgehead atoms. The highest BCUT2D eigenvalue weighted by Gasteiger charge is 2.11. The molecule has 21 heavy (non-hydrogen) atoms. The molecule has 0 atom stereocenters. The molecule has 0 unspecified atom stereocenters. The van der Waals surface area contributed by atoms with Crippen LogP contribution in [0, 0.1) is 4.77 Å². The fourth-order valence-corrected chi connectivity index (χ4v) is 2.30. The molecule has 4 nitrogen and oxygen atoms in total. The molecule has 0 aliphatic heterocycles. The summed E-state index contributed by atoms with van der Waals surface area (Å²) >= 11 is 11.0. The van der Waals surface area contributed by atoms with E-state index >= 15 is 0 Å². The highest BCUT2D eigenvalue weighted by Crippen LogP contribution is 2.22. The molecule has 0 aliphatic rings. The van der Waals surface area contributed by atoms with Crippen molar-refractivity contribution < 1.29 is 5.11 Å². The van der Waals surface area contributed by atoms with Crippen molar-refractivity contribution in [3.05, 3.63) is 56.1 Å². The van der Waals surface area contributed by atoms with Gasteiger partial charge in [0.05, 0.1) is 11.3 Å². The van der Waals surface area contributed by atoms with E-state index in [4.69, 9.17) is 23.8 Å². The van der Waals surface area contributed by atoms with E-state index in [1.807, 2.05) is 13.0 Å². The zero-order valence-corrected chi connectivity index (χ0v) is 13.0. The van der Waals surface area contributed by atoms with Gasteiger partial charge in [-0.15, -0.1) is 0 Å². The Hall–Kier alpha value is -1.85. The van der Waals surface area contributed by atoms with Crippen molar-refractivity contribution in [1.82, 2.24) is 9.55 Å². The summed E-state index contributed by atoms with van der Waals surface area (Å²) in [5, 5.41) is 10.9. The number of aromatic hydroxyl groups is 1. The van der Waals surface area contributed by atoms with E-state index in [2.05, 4.69) is 4.98 Å². The van der Waals surface area contributed by atoms with Gasteiger partial charge in [0.1, 0.15) is 0 Å². The molecule has 2 rings (SSSR count). The topological polar surface area (TPSA) is 58.0 Å². The third-order valence-corrected chi connectivity index (χ3v) is 3.48. The van der Waals surface area contributed by atoms with Crippen molar-refractivity contribution >= 4 is 29.9 Å². The molecule has 1 aromatic heterocycles. The molecule has 0 radical (unpaired) electrons. The second kappa shape index (κ2) is 6.74. The van der Waals surface area contributed by atoms with Gasteiger partial charge in [-0.2, -0.15) is 0 Å². The second-order valence-electron chi connectivity index (χ2n) is 4.50. The number of H-pyrrole nitrogens is 1. The fraction of sp³-hybridized carbons (Fsp3) is 0.200. The van der Waals surface area contributed by atoms with Crippen LogP contribution in [-0.2, 0) is 0 Å². The Balaban J connectivity index is 2.61. The predicted octanol–water partition coefficient (Wildman–Crippen LogP) is 4.07. The van der Waals surface area contributed by atoms with Crippen molar-refractivity contribution in [1.29, 1.82) is 0 Å². The lowest BCUT2D eigenvalue weighted by Crippen LogP contribution is -2.15. The van der Waals surface area contributed by atoms with Crippen LogP contribution >= 0.6 is 23.8 Å². The first-order chi connectivity index (χ1) is 10.0. The van der Waals surface area contributed by atoms with Crippen molar-refractivity contribution in [2.75, 3.05) is 0 Å². The SMILES string of the molecule is CCCC=Cc1c(O)n(-c2ccc(Cl)cc2)c(=S)[nH]c1=O. The van der Waals surface area contributed by atoms with Crippen LogP contribution < -0.4 is 5.56 Å². The molecule has 0 saturated carbocycles. The van der Waals surface area contributed by atoms with Gasteiger partial charge in [0.2, 0.25) is 5.88 Å². The molecule has 1 heterocycles. The van der Waals surface area contributed by atoms with Gasteiger partial charge in [0, 0.05) is 5.02 Å². The summed E-state index contributed by atoms with van der Waals surface area (Å²) in [6.45, 7) is 2.04. The average Bonchev–Trinajstić information content (AvgIpc) is 2.44. The van der Waals surface area contributed by atoms with E-state index < -0.39 is 5.56 Å². The number of hydrogen-bond acceptors (Lipinski definition) is 3. The third kappa shape index (κ3) is 3.43. The number of aromatic amines is 1. The molecule has 0 saturated heterocycles. The summed E-state index contributed by atoms with van der Waals surface area (Å²) in [5.74, 6) is -0.182. The highest BCUT2D eigenvalue weighted by atomic mass is 35.5. The van der Waals surface area contributed by atoms with E-state index in [0.717, 1.165) is 12.8 Å². The number of nitrogens with one attached hydrogen (secondary N) is 1. The van der Waals surface area contributed by atoms with Gasteiger partial charge in [0.25, 0.3) is 5.56 Å². The smallest absolute Gasteiger partial charge is 0.262 e. The zero-order chi connectivity index (χ0) is 15.4. The third-order valence-electron chi connectivity index (χ3n) is 2.95. The van der Waals surface area contributed by atoms with Crippen LogP contribution in [0.2, 0.25) is 5.02 Å². The monoisotopic (exact) mass is 322 g/mol. The molecule has 2 N–H and O–H groups in total. The minimum absolute atomic E-state index is 0.132. The summed E-state index contributed by atoms with van der Waals surface area (Å²) in [4.78, 5) is 14.5. The fourth-order valence-electron chi connectivity index (χ4n) is 1.89. The van der Waals surface area contributed by atoms with Crippen LogP contribution in [0.1, 0.15) is 25.3 Å². The highest BCUT2D eigenvalue weighted by molar-refractivity contribution is 7.71. The Morgan fingerprint density at radius 3 is 2.67 bits per heavy atom. The van der Waals surface area contributed by atoms with Crippen molar-refractivity contribution in [2.24, 2.45) is 0 Å². The Kier molecular flexibility index (Phi) is 4.98. The van der Waals surface area contributed by atoms with E-state index in [9.17, 15) is 9.90 Å². The van der Waals surface area contributed by atoms with Gasteiger partial charge in [-0.3, -0.25) is 14.3 Å².